The molecule has 3 nitrogen and oxygen atoms in total. The number of nitrogens with two attached hydrogens (primary N) is 1. The third-order valence-electron chi connectivity index (χ3n) is 1.86. The molecule has 6 heteroatoms. The van der Waals surface area contributed by atoms with Crippen LogP contribution in [0.1, 0.15) is 15.9 Å². The number of amides is 1. The molecule has 2 N–H and O–H groups in total. The van der Waals surface area contributed by atoms with E-state index >= 15 is 0 Å². The molecule has 0 spiro atoms. The summed E-state index contributed by atoms with van der Waals surface area (Å²) >= 11 is 0. The van der Waals surface area contributed by atoms with E-state index in [9.17, 15) is 18.0 Å². The van der Waals surface area contributed by atoms with Crippen molar-refractivity contribution in [3.8, 4) is 5.75 Å². The molecule has 0 aliphatic rings. The van der Waals surface area contributed by atoms with Crippen LogP contribution < -0.4 is 10.5 Å². The van der Waals surface area contributed by atoms with E-state index in [-0.39, 0.29) is 11.3 Å². The van der Waals surface area contributed by atoms with E-state index in [2.05, 4.69) is 4.74 Å². The van der Waals surface area contributed by atoms with Crippen molar-refractivity contribution in [1.82, 2.24) is 0 Å². The predicted molar refractivity (Wildman–Crippen MR) is 51.2 cm³/mol. The summed E-state index contributed by atoms with van der Waals surface area (Å²) in [4.78, 5) is 10.8. The Balaban J connectivity index is 2.86. The number of alkyl halides is 3. The number of carbonyl (C=O) groups is 1. The van der Waals surface area contributed by atoms with Gasteiger partial charge in [0.25, 0.3) is 0 Å². The summed E-state index contributed by atoms with van der Waals surface area (Å²) in [5.74, 6) is -0.703. The molecule has 0 atom stereocenters. The number of carbonyl (C=O) groups excluding carboxylic acids is 1. The van der Waals surface area contributed by atoms with Crippen LogP contribution in [0.4, 0.5) is 13.2 Å². The van der Waals surface area contributed by atoms with Crippen molar-refractivity contribution < 1.29 is 22.7 Å². The molecule has 1 aromatic rings. The van der Waals surface area contributed by atoms with Crippen molar-refractivity contribution in [2.45, 2.75) is 13.1 Å². The van der Waals surface area contributed by atoms with Crippen molar-refractivity contribution in [2.24, 2.45) is 5.73 Å². The molecule has 0 unspecified atom stereocenters. The molecule has 0 saturated heterocycles. The van der Waals surface area contributed by atoms with Crippen LogP contribution in [-0.2, 0) is 0 Å². The van der Waals surface area contributed by atoms with E-state index in [1.165, 1.54) is 18.2 Å². The highest BCUT2D eigenvalue weighted by Gasteiger charge is 2.28. The fourth-order valence-electron chi connectivity index (χ4n) is 1.07. The normalized spacial score (nSPS) is 11.2. The number of rotatable bonds is 3. The highest BCUT2D eigenvalue weighted by molar-refractivity contribution is 5.93. The van der Waals surface area contributed by atoms with Gasteiger partial charge in [0, 0.05) is 5.56 Å². The Hall–Kier alpha value is -1.72. The number of aryl methyl sites for hydroxylation is 1. The van der Waals surface area contributed by atoms with Crippen LogP contribution in [-0.4, -0.2) is 18.7 Å². The summed E-state index contributed by atoms with van der Waals surface area (Å²) in [6, 6.07) is 4.10. The van der Waals surface area contributed by atoms with Gasteiger partial charge in [-0.1, -0.05) is 6.07 Å². The van der Waals surface area contributed by atoms with Crippen molar-refractivity contribution in [1.29, 1.82) is 0 Å². The van der Waals surface area contributed by atoms with Crippen LogP contribution in [0.15, 0.2) is 18.2 Å². The fraction of sp³-hybridized carbons (Fsp3) is 0.300. The number of halogens is 3. The lowest BCUT2D eigenvalue weighted by atomic mass is 10.1. The van der Waals surface area contributed by atoms with Crippen molar-refractivity contribution in [3.05, 3.63) is 29.3 Å². The van der Waals surface area contributed by atoms with Crippen LogP contribution >= 0.6 is 0 Å². The molecule has 0 aliphatic heterocycles. The fourth-order valence-corrected chi connectivity index (χ4v) is 1.07. The lowest BCUT2D eigenvalue weighted by molar-refractivity contribution is -0.153. The summed E-state index contributed by atoms with van der Waals surface area (Å²) in [6.07, 6.45) is -4.41. The summed E-state index contributed by atoms with van der Waals surface area (Å²) in [6.45, 7) is 0.187. The van der Waals surface area contributed by atoms with E-state index in [0.717, 1.165) is 0 Å². The minimum absolute atomic E-state index is 0.00799. The van der Waals surface area contributed by atoms with E-state index in [0.29, 0.717) is 5.56 Å². The minimum atomic E-state index is -4.41. The Labute approximate surface area is 90.0 Å². The molecule has 1 aromatic carbocycles. The summed E-state index contributed by atoms with van der Waals surface area (Å²) < 4.78 is 40.3. The zero-order chi connectivity index (χ0) is 12.3. The van der Waals surface area contributed by atoms with Gasteiger partial charge in [0.1, 0.15) is 5.75 Å². The largest absolute Gasteiger partial charge is 0.484 e. The smallest absolute Gasteiger partial charge is 0.422 e. The van der Waals surface area contributed by atoms with Crippen LogP contribution in [0, 0.1) is 6.92 Å². The summed E-state index contributed by atoms with van der Waals surface area (Å²) in [5.41, 5.74) is 5.62. The average molecular weight is 233 g/mol. The zero-order valence-electron chi connectivity index (χ0n) is 8.47. The third kappa shape index (κ3) is 3.45. The van der Waals surface area contributed by atoms with E-state index in [4.69, 9.17) is 5.73 Å². The third-order valence-corrected chi connectivity index (χ3v) is 1.86. The Kier molecular flexibility index (Phi) is 3.41. The van der Waals surface area contributed by atoms with Crippen LogP contribution in [0.5, 0.6) is 5.75 Å². The van der Waals surface area contributed by atoms with Gasteiger partial charge < -0.3 is 10.5 Å². The van der Waals surface area contributed by atoms with Gasteiger partial charge in [0.15, 0.2) is 6.61 Å². The number of hydrogen-bond acceptors (Lipinski definition) is 2. The second kappa shape index (κ2) is 4.42. The topological polar surface area (TPSA) is 52.3 Å². The van der Waals surface area contributed by atoms with Gasteiger partial charge in [0.05, 0.1) is 0 Å². The highest BCUT2D eigenvalue weighted by atomic mass is 19.4. The van der Waals surface area contributed by atoms with Crippen LogP contribution in [0.25, 0.3) is 0 Å². The van der Waals surface area contributed by atoms with Gasteiger partial charge in [-0.25, -0.2) is 0 Å². The predicted octanol–water partition coefficient (Wildman–Crippen LogP) is 2.04. The zero-order valence-corrected chi connectivity index (χ0v) is 8.47. The quantitative estimate of drug-likeness (QED) is 0.868. The molecule has 0 saturated carbocycles. The molecule has 16 heavy (non-hydrogen) atoms. The molecule has 1 amide bonds. The number of benzene rings is 1. The standard InChI is InChI=1S/C10H10F3NO2/c1-6-2-3-7(9(14)15)4-8(6)16-5-10(11,12)13/h2-4H,5H2,1H3,(H2,14,15). The molecule has 88 valence electrons. The van der Waals surface area contributed by atoms with E-state index in [1.54, 1.807) is 6.92 Å². The minimum Gasteiger partial charge on any atom is -0.484 e. The Morgan fingerprint density at radius 3 is 2.56 bits per heavy atom. The first-order valence-corrected chi connectivity index (χ1v) is 4.39. The van der Waals surface area contributed by atoms with Gasteiger partial charge in [-0.05, 0) is 24.6 Å². The van der Waals surface area contributed by atoms with Crippen molar-refractivity contribution in [3.63, 3.8) is 0 Å². The SMILES string of the molecule is Cc1ccc(C(N)=O)cc1OCC(F)(F)F. The van der Waals surface area contributed by atoms with Crippen LogP contribution in [0.3, 0.4) is 0 Å². The van der Waals surface area contributed by atoms with Gasteiger partial charge in [-0.3, -0.25) is 4.79 Å². The maximum atomic E-state index is 11.9. The van der Waals surface area contributed by atoms with Gasteiger partial charge in [-0.15, -0.1) is 0 Å². The molecule has 1 rings (SSSR count). The second-order valence-corrected chi connectivity index (χ2v) is 3.25. The lowest BCUT2D eigenvalue weighted by Crippen LogP contribution is -2.20. The number of primary amides is 1. The Morgan fingerprint density at radius 2 is 2.06 bits per heavy atom. The maximum Gasteiger partial charge on any atom is 0.422 e. The molecule has 0 aliphatic carbocycles. The maximum absolute atomic E-state index is 11.9. The molecular weight excluding hydrogens is 223 g/mol. The second-order valence-electron chi connectivity index (χ2n) is 3.25. The van der Waals surface area contributed by atoms with Gasteiger partial charge >= 0.3 is 6.18 Å². The van der Waals surface area contributed by atoms with Crippen molar-refractivity contribution in [2.75, 3.05) is 6.61 Å². The first-order chi connectivity index (χ1) is 7.29. The van der Waals surface area contributed by atoms with E-state index < -0.39 is 18.7 Å². The van der Waals surface area contributed by atoms with Crippen LogP contribution in [0.2, 0.25) is 0 Å². The van der Waals surface area contributed by atoms with E-state index in [1.807, 2.05) is 0 Å². The average Bonchev–Trinajstić information content (AvgIpc) is 2.14. The molecule has 0 radical (unpaired) electrons. The molecule has 0 heterocycles. The summed E-state index contributed by atoms with van der Waals surface area (Å²) in [5, 5.41) is 0. The van der Waals surface area contributed by atoms with Crippen molar-refractivity contribution >= 4 is 5.91 Å². The first-order valence-electron chi connectivity index (χ1n) is 4.39. The molecular formula is C10H10F3NO2. The summed E-state index contributed by atoms with van der Waals surface area (Å²) in [7, 11) is 0. The molecule has 0 bridgehead atoms. The highest BCUT2D eigenvalue weighted by Crippen LogP contribution is 2.22. The number of ether oxygens (including phenoxy) is 1. The Morgan fingerprint density at radius 1 is 1.44 bits per heavy atom. The first kappa shape index (κ1) is 12.4. The molecule has 0 fully saturated rings. The Bertz CT molecular complexity index is 402. The van der Waals surface area contributed by atoms with Gasteiger partial charge in [-0.2, -0.15) is 13.2 Å². The monoisotopic (exact) mass is 233 g/mol. The molecule has 0 aromatic heterocycles. The number of hydrogen-bond donors (Lipinski definition) is 1. The lowest BCUT2D eigenvalue weighted by Gasteiger charge is -2.11. The van der Waals surface area contributed by atoms with Gasteiger partial charge in [0.2, 0.25) is 5.91 Å².